The van der Waals surface area contributed by atoms with Gasteiger partial charge in [-0.15, -0.1) is 0 Å². The molecule has 0 saturated carbocycles. The lowest BCUT2D eigenvalue weighted by molar-refractivity contribution is -0.137. The van der Waals surface area contributed by atoms with Gasteiger partial charge in [0.1, 0.15) is 0 Å². The molecule has 5 nitrogen and oxygen atoms in total. The molecule has 0 aliphatic carbocycles. The van der Waals surface area contributed by atoms with E-state index >= 15 is 0 Å². The van der Waals surface area contributed by atoms with Gasteiger partial charge in [0.2, 0.25) is 12.5 Å². The van der Waals surface area contributed by atoms with Crippen LogP contribution in [0.25, 0.3) is 0 Å². The zero-order valence-electron chi connectivity index (χ0n) is 10.1. The van der Waals surface area contributed by atoms with E-state index < -0.39 is 0 Å². The van der Waals surface area contributed by atoms with Crippen molar-refractivity contribution in [2.45, 2.75) is 12.8 Å². The van der Waals surface area contributed by atoms with E-state index in [0.717, 1.165) is 12.0 Å². The molecule has 2 aliphatic rings. The number of hydrogen-bond acceptors (Lipinski definition) is 5. The third-order valence-corrected chi connectivity index (χ3v) is 3.18. The van der Waals surface area contributed by atoms with Crippen LogP contribution < -0.4 is 14.2 Å². The van der Waals surface area contributed by atoms with Gasteiger partial charge in [-0.25, -0.2) is 0 Å². The predicted molar refractivity (Wildman–Crippen MR) is 61.9 cm³/mol. The van der Waals surface area contributed by atoms with Gasteiger partial charge in [0.05, 0.1) is 20.1 Å². The molecule has 0 bridgehead atoms. The zero-order valence-corrected chi connectivity index (χ0v) is 10.1. The second-order valence-electron chi connectivity index (χ2n) is 4.49. The molecule has 1 atom stereocenters. The first kappa shape index (κ1) is 11.2. The van der Waals surface area contributed by atoms with Gasteiger partial charge in [-0.1, -0.05) is 0 Å². The number of esters is 1. The van der Waals surface area contributed by atoms with Gasteiger partial charge in [-0.05, 0) is 24.1 Å². The summed E-state index contributed by atoms with van der Waals surface area (Å²) < 4.78 is 20.9. The average Bonchev–Trinajstić information content (AvgIpc) is 2.97. The topological polar surface area (TPSA) is 54.0 Å². The third kappa shape index (κ3) is 1.96. The molecule has 1 aromatic carbocycles. The first-order chi connectivity index (χ1) is 8.76. The van der Waals surface area contributed by atoms with E-state index in [-0.39, 0.29) is 18.7 Å². The third-order valence-electron chi connectivity index (χ3n) is 3.18. The van der Waals surface area contributed by atoms with Crippen LogP contribution in [0.3, 0.4) is 0 Å². The highest BCUT2D eigenvalue weighted by Crippen LogP contribution is 2.42. The molecule has 0 aromatic heterocycles. The minimum Gasteiger partial charge on any atom is -0.493 e. The molecule has 1 saturated heterocycles. The fraction of sp³-hybridized carbons (Fsp3) is 0.462. The zero-order chi connectivity index (χ0) is 12.5. The second-order valence-corrected chi connectivity index (χ2v) is 4.49. The van der Waals surface area contributed by atoms with Gasteiger partial charge in [0, 0.05) is 5.92 Å². The van der Waals surface area contributed by atoms with Crippen LogP contribution >= 0.6 is 0 Å². The molecular weight excluding hydrogens is 236 g/mol. The Balaban J connectivity index is 1.82. The first-order valence-corrected chi connectivity index (χ1v) is 5.88. The van der Waals surface area contributed by atoms with Crippen LogP contribution in [-0.4, -0.2) is 26.5 Å². The van der Waals surface area contributed by atoms with Crippen LogP contribution in [-0.2, 0) is 16.0 Å². The van der Waals surface area contributed by atoms with E-state index in [4.69, 9.17) is 18.9 Å². The number of benzene rings is 1. The maximum Gasteiger partial charge on any atom is 0.306 e. The van der Waals surface area contributed by atoms with Crippen molar-refractivity contribution in [3.05, 3.63) is 17.7 Å². The molecule has 96 valence electrons. The minimum absolute atomic E-state index is 0.118. The monoisotopic (exact) mass is 250 g/mol. The summed E-state index contributed by atoms with van der Waals surface area (Å²) >= 11 is 0. The van der Waals surface area contributed by atoms with Crippen molar-refractivity contribution < 1.29 is 23.7 Å². The molecule has 3 rings (SSSR count). The number of carbonyl (C=O) groups excluding carboxylic acids is 1. The summed E-state index contributed by atoms with van der Waals surface area (Å²) in [4.78, 5) is 11.1. The van der Waals surface area contributed by atoms with Crippen LogP contribution in [0.4, 0.5) is 0 Å². The minimum atomic E-state index is -0.118. The molecule has 0 amide bonds. The number of cyclic esters (lactones) is 1. The molecular formula is C13H14O5. The van der Waals surface area contributed by atoms with E-state index in [9.17, 15) is 4.79 Å². The lowest BCUT2D eigenvalue weighted by atomic mass is 9.98. The van der Waals surface area contributed by atoms with Crippen molar-refractivity contribution in [3.8, 4) is 17.2 Å². The van der Waals surface area contributed by atoms with E-state index in [2.05, 4.69) is 0 Å². The molecule has 0 N–H and O–H groups in total. The highest BCUT2D eigenvalue weighted by Gasteiger charge is 2.26. The fourth-order valence-electron chi connectivity index (χ4n) is 2.33. The number of ether oxygens (including phenoxy) is 4. The average molecular weight is 250 g/mol. The molecule has 1 fully saturated rings. The predicted octanol–water partition coefficient (Wildman–Crippen LogP) is 1.53. The standard InChI is InChI=1S/C13H14O5/c1-15-10-3-8(2-9-5-12(14)16-6-9)4-11-13(10)18-7-17-11/h3-4,9H,2,5-7H2,1H3/t9-/m0/s1. The lowest BCUT2D eigenvalue weighted by Gasteiger charge is -2.10. The Morgan fingerprint density at radius 2 is 2.22 bits per heavy atom. The van der Waals surface area contributed by atoms with Gasteiger partial charge < -0.3 is 18.9 Å². The van der Waals surface area contributed by atoms with Crippen LogP contribution in [0.5, 0.6) is 17.2 Å². The molecule has 0 radical (unpaired) electrons. The Morgan fingerprint density at radius 3 is 2.94 bits per heavy atom. The summed E-state index contributed by atoms with van der Waals surface area (Å²) in [6, 6.07) is 3.87. The Labute approximate surface area is 105 Å². The molecule has 0 unspecified atom stereocenters. The summed E-state index contributed by atoms with van der Waals surface area (Å²) in [6.07, 6.45) is 1.26. The normalized spacial score (nSPS) is 20.9. The van der Waals surface area contributed by atoms with Crippen molar-refractivity contribution in [1.29, 1.82) is 0 Å². The van der Waals surface area contributed by atoms with Gasteiger partial charge in [0.15, 0.2) is 11.5 Å². The van der Waals surface area contributed by atoms with Crippen molar-refractivity contribution in [1.82, 2.24) is 0 Å². The van der Waals surface area contributed by atoms with Crippen molar-refractivity contribution in [3.63, 3.8) is 0 Å². The smallest absolute Gasteiger partial charge is 0.306 e. The second kappa shape index (κ2) is 4.40. The molecule has 18 heavy (non-hydrogen) atoms. The summed E-state index contributed by atoms with van der Waals surface area (Å²) in [5.74, 6) is 2.15. The number of carbonyl (C=O) groups is 1. The van der Waals surface area contributed by atoms with Crippen molar-refractivity contribution >= 4 is 5.97 Å². The number of rotatable bonds is 3. The Morgan fingerprint density at radius 1 is 1.33 bits per heavy atom. The summed E-state index contributed by atoms with van der Waals surface area (Å²) in [5, 5.41) is 0. The molecule has 5 heteroatoms. The fourth-order valence-corrected chi connectivity index (χ4v) is 2.33. The van der Waals surface area contributed by atoms with Crippen molar-refractivity contribution in [2.24, 2.45) is 5.92 Å². The van der Waals surface area contributed by atoms with Crippen LogP contribution in [0, 0.1) is 5.92 Å². The number of hydrogen-bond donors (Lipinski definition) is 0. The highest BCUT2D eigenvalue weighted by atomic mass is 16.7. The Bertz CT molecular complexity index is 483. The Kier molecular flexibility index (Phi) is 2.74. The van der Waals surface area contributed by atoms with Gasteiger partial charge >= 0.3 is 5.97 Å². The van der Waals surface area contributed by atoms with E-state index in [0.29, 0.717) is 30.3 Å². The number of fused-ring (bicyclic) bond motifs is 1. The van der Waals surface area contributed by atoms with E-state index in [1.54, 1.807) is 7.11 Å². The van der Waals surface area contributed by atoms with Crippen LogP contribution in [0.1, 0.15) is 12.0 Å². The Hall–Kier alpha value is -1.91. The summed E-state index contributed by atoms with van der Waals surface area (Å²) in [7, 11) is 1.60. The lowest BCUT2D eigenvalue weighted by Crippen LogP contribution is -2.04. The first-order valence-electron chi connectivity index (χ1n) is 5.88. The van der Waals surface area contributed by atoms with Crippen molar-refractivity contribution in [2.75, 3.05) is 20.5 Å². The van der Waals surface area contributed by atoms with Gasteiger partial charge in [-0.2, -0.15) is 0 Å². The van der Waals surface area contributed by atoms with Gasteiger partial charge in [0.25, 0.3) is 0 Å². The molecule has 1 aromatic rings. The van der Waals surface area contributed by atoms with E-state index in [1.807, 2.05) is 12.1 Å². The van der Waals surface area contributed by atoms with Crippen LogP contribution in [0.2, 0.25) is 0 Å². The number of methoxy groups -OCH3 is 1. The SMILES string of the molecule is COc1cc(C[C@@H]2COC(=O)C2)cc2c1OCO2. The maximum atomic E-state index is 11.1. The van der Waals surface area contributed by atoms with Crippen LogP contribution in [0.15, 0.2) is 12.1 Å². The summed E-state index contributed by atoms with van der Waals surface area (Å²) in [5.41, 5.74) is 1.07. The molecule has 0 spiro atoms. The summed E-state index contributed by atoms with van der Waals surface area (Å²) in [6.45, 7) is 0.718. The molecule has 2 aliphatic heterocycles. The largest absolute Gasteiger partial charge is 0.493 e. The molecule has 2 heterocycles. The maximum absolute atomic E-state index is 11.1. The highest BCUT2D eigenvalue weighted by molar-refractivity contribution is 5.71. The van der Waals surface area contributed by atoms with E-state index in [1.165, 1.54) is 0 Å². The van der Waals surface area contributed by atoms with Gasteiger partial charge in [-0.3, -0.25) is 4.79 Å². The quantitative estimate of drug-likeness (QED) is 0.761.